The standard InChI is InChI=1S/C15H20N4O2S/c1-12-16-9-14(22-12)10-18-3-5-19(6-4-18)15(20)17-8-13-2-7-21-11-13/h2,7,9,11H,3-6,8,10H2,1H3,(H,17,20). The number of carbonyl (C=O) groups excluding carboxylic acids is 1. The molecule has 0 aromatic carbocycles. The Morgan fingerprint density at radius 1 is 1.41 bits per heavy atom. The van der Waals surface area contributed by atoms with Crippen LogP contribution < -0.4 is 5.32 Å². The fraction of sp³-hybridized carbons (Fsp3) is 0.467. The smallest absolute Gasteiger partial charge is 0.317 e. The van der Waals surface area contributed by atoms with E-state index < -0.39 is 0 Å². The Balaban J connectivity index is 1.42. The minimum absolute atomic E-state index is 0.00511. The van der Waals surface area contributed by atoms with Gasteiger partial charge >= 0.3 is 6.03 Å². The molecule has 0 aliphatic carbocycles. The number of furan rings is 1. The van der Waals surface area contributed by atoms with E-state index in [0.717, 1.165) is 43.3 Å². The van der Waals surface area contributed by atoms with Crippen molar-refractivity contribution in [1.29, 1.82) is 0 Å². The molecule has 0 radical (unpaired) electrons. The number of hydrogen-bond donors (Lipinski definition) is 1. The number of nitrogens with zero attached hydrogens (tertiary/aromatic N) is 3. The molecule has 0 spiro atoms. The molecule has 22 heavy (non-hydrogen) atoms. The van der Waals surface area contributed by atoms with Gasteiger partial charge in [0.1, 0.15) is 0 Å². The summed E-state index contributed by atoms with van der Waals surface area (Å²) in [5.41, 5.74) is 0.979. The van der Waals surface area contributed by atoms with E-state index in [2.05, 4.69) is 15.2 Å². The number of aryl methyl sites for hydroxylation is 1. The molecule has 3 heterocycles. The van der Waals surface area contributed by atoms with Crippen molar-refractivity contribution >= 4 is 17.4 Å². The van der Waals surface area contributed by atoms with Crippen molar-refractivity contribution in [2.75, 3.05) is 26.2 Å². The first-order valence-corrected chi connectivity index (χ1v) is 8.20. The summed E-state index contributed by atoms with van der Waals surface area (Å²) in [5, 5.41) is 4.03. The van der Waals surface area contributed by atoms with Crippen molar-refractivity contribution in [2.45, 2.75) is 20.0 Å². The van der Waals surface area contributed by atoms with Crippen molar-refractivity contribution in [1.82, 2.24) is 20.1 Å². The highest BCUT2D eigenvalue weighted by Crippen LogP contribution is 2.15. The van der Waals surface area contributed by atoms with Crippen molar-refractivity contribution < 1.29 is 9.21 Å². The molecule has 118 valence electrons. The van der Waals surface area contributed by atoms with Gasteiger partial charge in [0.2, 0.25) is 0 Å². The van der Waals surface area contributed by atoms with Gasteiger partial charge in [-0.3, -0.25) is 4.90 Å². The first kappa shape index (κ1) is 15.1. The molecule has 1 saturated heterocycles. The Hall–Kier alpha value is -1.86. The van der Waals surface area contributed by atoms with Gasteiger partial charge in [-0.2, -0.15) is 0 Å². The first-order chi connectivity index (χ1) is 10.7. The average molecular weight is 320 g/mol. The number of hydrogen-bond acceptors (Lipinski definition) is 5. The van der Waals surface area contributed by atoms with Gasteiger partial charge in [-0.05, 0) is 13.0 Å². The molecule has 0 atom stereocenters. The van der Waals surface area contributed by atoms with Crippen LogP contribution in [0.2, 0.25) is 0 Å². The van der Waals surface area contributed by atoms with Gasteiger partial charge in [0.05, 0.1) is 17.5 Å². The van der Waals surface area contributed by atoms with Gasteiger partial charge in [0.15, 0.2) is 0 Å². The molecule has 1 aliphatic heterocycles. The predicted molar refractivity (Wildman–Crippen MR) is 84.6 cm³/mol. The maximum atomic E-state index is 12.1. The number of urea groups is 1. The quantitative estimate of drug-likeness (QED) is 0.937. The average Bonchev–Trinajstić information content (AvgIpc) is 3.17. The van der Waals surface area contributed by atoms with Crippen LogP contribution in [-0.4, -0.2) is 47.0 Å². The summed E-state index contributed by atoms with van der Waals surface area (Å²) in [4.78, 5) is 21.9. The van der Waals surface area contributed by atoms with E-state index in [4.69, 9.17) is 4.42 Å². The van der Waals surface area contributed by atoms with E-state index in [1.165, 1.54) is 4.88 Å². The van der Waals surface area contributed by atoms with Gasteiger partial charge in [0, 0.05) is 55.9 Å². The summed E-state index contributed by atoms with van der Waals surface area (Å²) in [6.45, 7) is 6.78. The first-order valence-electron chi connectivity index (χ1n) is 7.38. The molecular weight excluding hydrogens is 300 g/mol. The zero-order valence-electron chi connectivity index (χ0n) is 12.6. The number of thiazole rings is 1. The van der Waals surface area contributed by atoms with E-state index in [1.54, 1.807) is 23.9 Å². The van der Waals surface area contributed by atoms with Gasteiger partial charge in [-0.25, -0.2) is 9.78 Å². The second-order valence-corrected chi connectivity index (χ2v) is 6.72. The zero-order valence-corrected chi connectivity index (χ0v) is 13.4. The summed E-state index contributed by atoms with van der Waals surface area (Å²) in [6.07, 6.45) is 5.21. The Morgan fingerprint density at radius 2 is 2.23 bits per heavy atom. The fourth-order valence-corrected chi connectivity index (χ4v) is 3.33. The molecule has 0 bridgehead atoms. The number of amides is 2. The van der Waals surface area contributed by atoms with Crippen molar-refractivity contribution in [3.8, 4) is 0 Å². The minimum Gasteiger partial charge on any atom is -0.472 e. The summed E-state index contributed by atoms with van der Waals surface area (Å²) in [6, 6.07) is 1.85. The van der Waals surface area contributed by atoms with Crippen LogP contribution in [0.15, 0.2) is 29.2 Å². The van der Waals surface area contributed by atoms with Gasteiger partial charge < -0.3 is 14.6 Å². The van der Waals surface area contributed by atoms with Gasteiger partial charge in [0.25, 0.3) is 0 Å². The molecule has 2 aromatic heterocycles. The lowest BCUT2D eigenvalue weighted by molar-refractivity contribution is 0.135. The number of carbonyl (C=O) groups is 1. The summed E-state index contributed by atoms with van der Waals surface area (Å²) >= 11 is 1.74. The highest BCUT2D eigenvalue weighted by molar-refractivity contribution is 7.11. The van der Waals surface area contributed by atoms with E-state index >= 15 is 0 Å². The van der Waals surface area contributed by atoms with E-state index in [-0.39, 0.29) is 6.03 Å². The molecule has 1 aliphatic rings. The van der Waals surface area contributed by atoms with Crippen LogP contribution >= 0.6 is 11.3 Å². The maximum absolute atomic E-state index is 12.1. The molecule has 0 saturated carbocycles. The van der Waals surface area contributed by atoms with Crippen molar-refractivity contribution in [2.24, 2.45) is 0 Å². The molecule has 0 unspecified atom stereocenters. The lowest BCUT2D eigenvalue weighted by atomic mass is 10.3. The number of nitrogens with one attached hydrogen (secondary N) is 1. The normalized spacial score (nSPS) is 16.0. The van der Waals surface area contributed by atoms with Crippen LogP contribution in [0.3, 0.4) is 0 Å². The number of aromatic nitrogens is 1. The minimum atomic E-state index is -0.00511. The molecule has 1 fully saturated rings. The summed E-state index contributed by atoms with van der Waals surface area (Å²) in [7, 11) is 0. The van der Waals surface area contributed by atoms with E-state index in [1.807, 2.05) is 24.1 Å². The van der Waals surface area contributed by atoms with Gasteiger partial charge in [-0.15, -0.1) is 11.3 Å². The van der Waals surface area contributed by atoms with Crippen molar-refractivity contribution in [3.63, 3.8) is 0 Å². The zero-order chi connectivity index (χ0) is 15.4. The Labute approximate surface area is 133 Å². The third kappa shape index (κ3) is 3.86. The molecule has 2 amide bonds. The molecular formula is C15H20N4O2S. The van der Waals surface area contributed by atoms with E-state index in [0.29, 0.717) is 6.54 Å². The Kier molecular flexibility index (Phi) is 4.74. The SMILES string of the molecule is Cc1ncc(CN2CCN(C(=O)NCc3ccoc3)CC2)s1. The van der Waals surface area contributed by atoms with Crippen LogP contribution in [0.25, 0.3) is 0 Å². The fourth-order valence-electron chi connectivity index (χ4n) is 2.49. The summed E-state index contributed by atoms with van der Waals surface area (Å²) < 4.78 is 4.99. The highest BCUT2D eigenvalue weighted by Gasteiger charge is 2.21. The number of rotatable bonds is 4. The molecule has 3 rings (SSSR count). The second kappa shape index (κ2) is 6.93. The molecule has 7 heteroatoms. The Bertz CT molecular complexity index is 603. The van der Waals surface area contributed by atoms with Crippen LogP contribution in [0.4, 0.5) is 4.79 Å². The summed E-state index contributed by atoms with van der Waals surface area (Å²) in [5.74, 6) is 0. The van der Waals surface area contributed by atoms with Crippen LogP contribution in [0.1, 0.15) is 15.4 Å². The maximum Gasteiger partial charge on any atom is 0.317 e. The highest BCUT2D eigenvalue weighted by atomic mass is 32.1. The lowest BCUT2D eigenvalue weighted by Crippen LogP contribution is -2.51. The predicted octanol–water partition coefficient (Wildman–Crippen LogP) is 2.07. The lowest BCUT2D eigenvalue weighted by Gasteiger charge is -2.34. The topological polar surface area (TPSA) is 61.6 Å². The van der Waals surface area contributed by atoms with E-state index in [9.17, 15) is 4.79 Å². The third-order valence-electron chi connectivity index (χ3n) is 3.73. The molecule has 2 aromatic rings. The second-order valence-electron chi connectivity index (χ2n) is 5.40. The van der Waals surface area contributed by atoms with Crippen LogP contribution in [-0.2, 0) is 13.1 Å². The Morgan fingerprint density at radius 3 is 2.86 bits per heavy atom. The molecule has 1 N–H and O–H groups in total. The van der Waals surface area contributed by atoms with Crippen LogP contribution in [0.5, 0.6) is 0 Å². The third-order valence-corrected chi connectivity index (χ3v) is 4.63. The number of piperazine rings is 1. The monoisotopic (exact) mass is 320 g/mol. The molecule has 6 nitrogen and oxygen atoms in total. The largest absolute Gasteiger partial charge is 0.472 e. The van der Waals surface area contributed by atoms with Gasteiger partial charge in [-0.1, -0.05) is 0 Å². The van der Waals surface area contributed by atoms with Crippen LogP contribution in [0, 0.1) is 6.92 Å². The van der Waals surface area contributed by atoms with Crippen molar-refractivity contribution in [3.05, 3.63) is 40.2 Å².